The van der Waals surface area contributed by atoms with E-state index in [9.17, 15) is 10.1 Å². The van der Waals surface area contributed by atoms with Crippen molar-refractivity contribution in [3.63, 3.8) is 0 Å². The fourth-order valence-electron chi connectivity index (χ4n) is 4.64. The maximum Gasteiger partial charge on any atom is 0.238 e. The highest BCUT2D eigenvalue weighted by molar-refractivity contribution is 7.16. The first-order chi connectivity index (χ1) is 14.2. The number of benzene rings is 2. The Morgan fingerprint density at radius 1 is 1.24 bits per heavy atom. The van der Waals surface area contributed by atoms with Gasteiger partial charge < -0.3 is 10.6 Å². The van der Waals surface area contributed by atoms with Gasteiger partial charge in [-0.25, -0.2) is 4.98 Å². The summed E-state index contributed by atoms with van der Waals surface area (Å²) in [6, 6.07) is 16.6. The van der Waals surface area contributed by atoms with E-state index in [4.69, 9.17) is 0 Å². The van der Waals surface area contributed by atoms with E-state index in [0.29, 0.717) is 18.4 Å². The van der Waals surface area contributed by atoms with Crippen LogP contribution in [-0.2, 0) is 11.2 Å². The molecule has 29 heavy (non-hydrogen) atoms. The van der Waals surface area contributed by atoms with Crippen molar-refractivity contribution in [2.75, 3.05) is 0 Å². The van der Waals surface area contributed by atoms with Gasteiger partial charge in [0.25, 0.3) is 0 Å². The molecule has 2 aliphatic rings. The predicted molar refractivity (Wildman–Crippen MR) is 114 cm³/mol. The monoisotopic (exact) mass is 402 g/mol. The van der Waals surface area contributed by atoms with Gasteiger partial charge >= 0.3 is 0 Å². The van der Waals surface area contributed by atoms with Gasteiger partial charge in [-0.05, 0) is 54.0 Å². The van der Waals surface area contributed by atoms with E-state index < -0.39 is 6.04 Å². The summed E-state index contributed by atoms with van der Waals surface area (Å²) in [7, 11) is 0. The fourth-order valence-corrected chi connectivity index (χ4v) is 5.36. The quantitative estimate of drug-likeness (QED) is 0.683. The van der Waals surface area contributed by atoms with Crippen LogP contribution in [0.2, 0.25) is 0 Å². The topological polar surface area (TPSA) is 77.8 Å². The molecule has 3 aromatic rings. The maximum atomic E-state index is 12.6. The molecule has 146 valence electrons. The number of nitrogens with zero attached hydrogens (tertiary/aromatic N) is 2. The second-order valence-electron chi connectivity index (χ2n) is 8.04. The third-order valence-corrected chi connectivity index (χ3v) is 6.96. The molecule has 0 radical (unpaired) electrons. The van der Waals surface area contributed by atoms with Crippen LogP contribution in [0.15, 0.2) is 48.0 Å². The van der Waals surface area contributed by atoms with Crippen molar-refractivity contribution in [2.45, 2.75) is 43.8 Å². The summed E-state index contributed by atoms with van der Waals surface area (Å²) in [4.78, 5) is 16.9. The standard InChI is InChI=1S/C23H22N4OS/c24-12-19(27-23(28)22-17-5-7-18(10-17)26-22)9-14-1-3-15(4-2-14)16-6-8-20-21(11-16)29-13-25-20/h1-4,6,8,11,13,17-19,22,26H,5,7,9-10H2,(H,27,28). The summed E-state index contributed by atoms with van der Waals surface area (Å²) < 4.78 is 1.17. The van der Waals surface area contributed by atoms with Crippen LogP contribution in [0.25, 0.3) is 21.3 Å². The molecule has 6 heteroatoms. The van der Waals surface area contributed by atoms with Crippen molar-refractivity contribution in [3.05, 3.63) is 53.5 Å². The van der Waals surface area contributed by atoms with Gasteiger partial charge in [0, 0.05) is 12.5 Å². The van der Waals surface area contributed by atoms with Crippen LogP contribution in [0.3, 0.4) is 0 Å². The Kier molecular flexibility index (Phi) is 4.78. The first-order valence-corrected chi connectivity index (χ1v) is 11.0. The van der Waals surface area contributed by atoms with Crippen LogP contribution >= 0.6 is 11.3 Å². The largest absolute Gasteiger partial charge is 0.339 e. The second-order valence-corrected chi connectivity index (χ2v) is 8.93. The van der Waals surface area contributed by atoms with E-state index in [1.165, 1.54) is 11.1 Å². The summed E-state index contributed by atoms with van der Waals surface area (Å²) in [5, 5.41) is 15.9. The first kappa shape index (κ1) is 18.3. The zero-order valence-electron chi connectivity index (χ0n) is 16.0. The lowest BCUT2D eigenvalue weighted by atomic mass is 9.98. The molecule has 1 saturated heterocycles. The van der Waals surface area contributed by atoms with E-state index >= 15 is 0 Å². The van der Waals surface area contributed by atoms with Crippen molar-refractivity contribution in [2.24, 2.45) is 5.92 Å². The second kappa shape index (κ2) is 7.58. The Bertz CT molecular complexity index is 1080. The smallest absolute Gasteiger partial charge is 0.238 e. The number of carbonyl (C=O) groups is 1. The molecule has 5 nitrogen and oxygen atoms in total. The minimum atomic E-state index is -0.511. The van der Waals surface area contributed by atoms with Crippen LogP contribution in [0.5, 0.6) is 0 Å². The summed E-state index contributed by atoms with van der Waals surface area (Å²) >= 11 is 1.64. The van der Waals surface area contributed by atoms with Crippen LogP contribution in [0.1, 0.15) is 24.8 Å². The molecule has 2 heterocycles. The van der Waals surface area contributed by atoms with Gasteiger partial charge in [-0.15, -0.1) is 11.3 Å². The summed E-state index contributed by atoms with van der Waals surface area (Å²) in [6.45, 7) is 0. The Morgan fingerprint density at radius 2 is 2.07 bits per heavy atom. The van der Waals surface area contributed by atoms with Crippen molar-refractivity contribution < 1.29 is 4.79 Å². The van der Waals surface area contributed by atoms with Crippen LogP contribution in [0, 0.1) is 17.2 Å². The molecule has 1 aliphatic heterocycles. The molecule has 2 fully saturated rings. The average molecular weight is 403 g/mol. The molecular formula is C23H22N4OS. The molecule has 1 amide bonds. The highest BCUT2D eigenvalue weighted by atomic mass is 32.1. The number of fused-ring (bicyclic) bond motifs is 3. The van der Waals surface area contributed by atoms with E-state index in [2.05, 4.69) is 46.0 Å². The van der Waals surface area contributed by atoms with Crippen molar-refractivity contribution in [1.82, 2.24) is 15.6 Å². The van der Waals surface area contributed by atoms with Gasteiger partial charge in [0.1, 0.15) is 6.04 Å². The van der Waals surface area contributed by atoms with Crippen molar-refractivity contribution >= 4 is 27.5 Å². The number of nitrogens with one attached hydrogen (secondary N) is 2. The van der Waals surface area contributed by atoms with Crippen LogP contribution in [-0.4, -0.2) is 29.0 Å². The van der Waals surface area contributed by atoms with E-state index in [1.54, 1.807) is 11.3 Å². The van der Waals surface area contributed by atoms with Gasteiger partial charge in [-0.3, -0.25) is 4.79 Å². The molecule has 2 bridgehead atoms. The summed E-state index contributed by atoms with van der Waals surface area (Å²) in [5.41, 5.74) is 6.21. The highest BCUT2D eigenvalue weighted by Crippen LogP contribution is 2.35. The maximum absolute atomic E-state index is 12.6. The number of aromatic nitrogens is 1. The number of carbonyl (C=O) groups excluding carboxylic acids is 1. The molecule has 2 aromatic carbocycles. The zero-order valence-corrected chi connectivity index (χ0v) is 16.8. The molecule has 0 spiro atoms. The Balaban J connectivity index is 1.24. The normalized spacial score (nSPS) is 23.8. The van der Waals surface area contributed by atoms with E-state index in [-0.39, 0.29) is 11.9 Å². The lowest BCUT2D eigenvalue weighted by Crippen LogP contribution is -2.50. The Morgan fingerprint density at radius 3 is 2.79 bits per heavy atom. The third kappa shape index (κ3) is 3.64. The number of nitriles is 1. The summed E-state index contributed by atoms with van der Waals surface area (Å²) in [5.74, 6) is 0.396. The third-order valence-electron chi connectivity index (χ3n) is 6.17. The lowest BCUT2D eigenvalue weighted by Gasteiger charge is -2.23. The Hall–Kier alpha value is -2.75. The number of rotatable bonds is 5. The van der Waals surface area contributed by atoms with Crippen molar-refractivity contribution in [1.29, 1.82) is 5.26 Å². The molecule has 4 unspecified atom stereocenters. The minimum absolute atomic E-state index is 0.0294. The first-order valence-electron chi connectivity index (χ1n) is 10.1. The molecule has 1 aromatic heterocycles. The number of thiazole rings is 1. The average Bonchev–Trinajstić information content (AvgIpc) is 3.50. The fraction of sp³-hybridized carbons (Fsp3) is 0.348. The van der Waals surface area contributed by atoms with Gasteiger partial charge in [-0.2, -0.15) is 5.26 Å². The highest BCUT2D eigenvalue weighted by Gasteiger charge is 2.43. The SMILES string of the molecule is N#CC(Cc1ccc(-c2ccc3ncsc3c2)cc1)NC(=O)C1NC2CCC1C2. The van der Waals surface area contributed by atoms with Crippen LogP contribution in [0.4, 0.5) is 0 Å². The van der Waals surface area contributed by atoms with Crippen molar-refractivity contribution in [3.8, 4) is 17.2 Å². The number of piperidine rings is 1. The summed E-state index contributed by atoms with van der Waals surface area (Å²) in [6.07, 6.45) is 3.88. The minimum Gasteiger partial charge on any atom is -0.339 e. The zero-order chi connectivity index (χ0) is 19.8. The van der Waals surface area contributed by atoms with Gasteiger partial charge in [0.15, 0.2) is 0 Å². The number of hydrogen-bond donors (Lipinski definition) is 2. The molecule has 5 rings (SSSR count). The molecule has 2 N–H and O–H groups in total. The molecule has 4 atom stereocenters. The molecular weight excluding hydrogens is 380 g/mol. The van der Waals surface area contributed by atoms with Gasteiger partial charge in [0.2, 0.25) is 5.91 Å². The number of amides is 1. The van der Waals surface area contributed by atoms with E-state index in [0.717, 1.165) is 35.0 Å². The van der Waals surface area contributed by atoms with Gasteiger partial charge in [-0.1, -0.05) is 30.3 Å². The molecule has 1 saturated carbocycles. The predicted octanol–water partition coefficient (Wildman–Crippen LogP) is 3.65. The lowest BCUT2D eigenvalue weighted by molar-refractivity contribution is -0.124. The molecule has 1 aliphatic carbocycles. The van der Waals surface area contributed by atoms with E-state index in [1.807, 2.05) is 23.7 Å². The Labute approximate surface area is 173 Å². The van der Waals surface area contributed by atoms with Crippen LogP contribution < -0.4 is 10.6 Å². The number of hydrogen-bond acceptors (Lipinski definition) is 5. The van der Waals surface area contributed by atoms with Gasteiger partial charge in [0.05, 0.1) is 27.8 Å².